The van der Waals surface area contributed by atoms with E-state index in [4.69, 9.17) is 23.2 Å². The number of benzene rings is 1. The lowest BCUT2D eigenvalue weighted by atomic mass is 10.1. The van der Waals surface area contributed by atoms with Crippen molar-refractivity contribution in [2.75, 3.05) is 27.2 Å². The molecular weight excluding hydrogens is 283 g/mol. The summed E-state index contributed by atoms with van der Waals surface area (Å²) >= 11 is 12.0. The molecule has 2 atom stereocenters. The first-order valence-corrected chi connectivity index (χ1v) is 7.22. The Hall–Kier alpha value is -0.320. The molecule has 0 unspecified atom stereocenters. The number of hydrogen-bond donors (Lipinski definition) is 1. The third kappa shape index (κ3) is 3.61. The zero-order valence-electron chi connectivity index (χ0n) is 11.3. The van der Waals surface area contributed by atoms with Gasteiger partial charge in [-0.2, -0.15) is 0 Å². The van der Waals surface area contributed by atoms with Gasteiger partial charge in [-0.15, -0.1) is 0 Å². The maximum absolute atomic E-state index is 9.51. The Bertz CT molecular complexity index is 439. The third-order valence-corrected chi connectivity index (χ3v) is 4.56. The largest absolute Gasteiger partial charge is 0.395 e. The molecule has 106 valence electrons. The van der Waals surface area contributed by atoms with Crippen LogP contribution in [0.25, 0.3) is 0 Å². The van der Waals surface area contributed by atoms with E-state index in [9.17, 15) is 5.11 Å². The van der Waals surface area contributed by atoms with Gasteiger partial charge in [0.15, 0.2) is 0 Å². The SMILES string of the molecule is CN(C)[C@@H]1C[C@@H](CO)N(Cc2ccc(Cl)c(Cl)c2)C1. The van der Waals surface area contributed by atoms with Crippen LogP contribution in [0, 0.1) is 0 Å². The molecule has 1 aliphatic rings. The lowest BCUT2D eigenvalue weighted by Gasteiger charge is -2.23. The van der Waals surface area contributed by atoms with Crippen LogP contribution in [0.3, 0.4) is 0 Å². The predicted molar refractivity (Wildman–Crippen MR) is 79.8 cm³/mol. The first-order valence-electron chi connectivity index (χ1n) is 6.46. The van der Waals surface area contributed by atoms with E-state index in [1.807, 2.05) is 18.2 Å². The van der Waals surface area contributed by atoms with Gasteiger partial charge in [-0.25, -0.2) is 0 Å². The minimum atomic E-state index is 0.200. The van der Waals surface area contributed by atoms with E-state index in [-0.39, 0.29) is 12.6 Å². The van der Waals surface area contributed by atoms with Gasteiger partial charge in [-0.3, -0.25) is 4.90 Å². The molecule has 2 rings (SSSR count). The van der Waals surface area contributed by atoms with Crippen LogP contribution < -0.4 is 0 Å². The number of rotatable bonds is 4. The smallest absolute Gasteiger partial charge is 0.0595 e. The number of halogens is 2. The Morgan fingerprint density at radius 3 is 2.63 bits per heavy atom. The van der Waals surface area contributed by atoms with Gasteiger partial charge < -0.3 is 10.0 Å². The van der Waals surface area contributed by atoms with Crippen molar-refractivity contribution in [1.29, 1.82) is 0 Å². The van der Waals surface area contributed by atoms with Crippen molar-refractivity contribution in [3.8, 4) is 0 Å². The highest BCUT2D eigenvalue weighted by molar-refractivity contribution is 6.42. The van der Waals surface area contributed by atoms with Crippen LogP contribution in [0.1, 0.15) is 12.0 Å². The van der Waals surface area contributed by atoms with Crippen molar-refractivity contribution < 1.29 is 5.11 Å². The molecule has 0 saturated carbocycles. The summed E-state index contributed by atoms with van der Waals surface area (Å²) in [5.74, 6) is 0. The summed E-state index contributed by atoms with van der Waals surface area (Å²) in [5, 5.41) is 10.7. The van der Waals surface area contributed by atoms with Crippen LogP contribution in [-0.4, -0.2) is 54.2 Å². The first-order chi connectivity index (χ1) is 9.01. The zero-order chi connectivity index (χ0) is 14.0. The molecule has 1 saturated heterocycles. The summed E-state index contributed by atoms with van der Waals surface area (Å²) in [6.45, 7) is 1.97. The first kappa shape index (κ1) is 15.1. The summed E-state index contributed by atoms with van der Waals surface area (Å²) in [5.41, 5.74) is 1.13. The maximum Gasteiger partial charge on any atom is 0.0595 e. The van der Waals surface area contributed by atoms with Crippen LogP contribution in [0.2, 0.25) is 10.0 Å². The number of aliphatic hydroxyl groups excluding tert-OH is 1. The fraction of sp³-hybridized carbons (Fsp3) is 0.571. The molecule has 1 aromatic carbocycles. The number of hydrogen-bond acceptors (Lipinski definition) is 3. The maximum atomic E-state index is 9.51. The molecule has 0 aliphatic carbocycles. The Kier molecular flexibility index (Phi) is 5.09. The van der Waals surface area contributed by atoms with Gasteiger partial charge in [-0.05, 0) is 38.2 Å². The van der Waals surface area contributed by atoms with E-state index in [0.29, 0.717) is 16.1 Å². The highest BCUT2D eigenvalue weighted by atomic mass is 35.5. The minimum absolute atomic E-state index is 0.200. The molecule has 1 aliphatic heterocycles. The fourth-order valence-electron chi connectivity index (χ4n) is 2.59. The van der Waals surface area contributed by atoms with E-state index < -0.39 is 0 Å². The molecular formula is C14H20Cl2N2O. The molecule has 5 heteroatoms. The molecule has 19 heavy (non-hydrogen) atoms. The average Bonchev–Trinajstić information content (AvgIpc) is 2.77. The van der Waals surface area contributed by atoms with E-state index in [2.05, 4.69) is 23.9 Å². The van der Waals surface area contributed by atoms with Gasteiger partial charge in [-0.1, -0.05) is 29.3 Å². The molecule has 0 radical (unpaired) electrons. The van der Waals surface area contributed by atoms with Crippen LogP contribution in [0.5, 0.6) is 0 Å². The average molecular weight is 303 g/mol. The van der Waals surface area contributed by atoms with E-state index in [1.165, 1.54) is 0 Å². The van der Waals surface area contributed by atoms with Gasteiger partial charge in [0.05, 0.1) is 16.7 Å². The highest BCUT2D eigenvalue weighted by Crippen LogP contribution is 2.26. The van der Waals surface area contributed by atoms with Crippen LogP contribution in [-0.2, 0) is 6.54 Å². The Labute approximate surface area is 124 Å². The molecule has 0 bridgehead atoms. The van der Waals surface area contributed by atoms with Gasteiger partial charge >= 0.3 is 0 Å². The minimum Gasteiger partial charge on any atom is -0.395 e. The normalized spacial score (nSPS) is 24.3. The molecule has 0 spiro atoms. The molecule has 3 nitrogen and oxygen atoms in total. The van der Waals surface area contributed by atoms with Crippen molar-refractivity contribution in [2.45, 2.75) is 25.0 Å². The summed E-state index contributed by atoms with van der Waals surface area (Å²) < 4.78 is 0. The lowest BCUT2D eigenvalue weighted by Crippen LogP contribution is -2.33. The summed E-state index contributed by atoms with van der Waals surface area (Å²) in [6.07, 6.45) is 1.00. The molecule has 1 heterocycles. The summed E-state index contributed by atoms with van der Waals surface area (Å²) in [6, 6.07) is 6.45. The van der Waals surface area contributed by atoms with Crippen molar-refractivity contribution in [3.05, 3.63) is 33.8 Å². The highest BCUT2D eigenvalue weighted by Gasteiger charge is 2.32. The van der Waals surface area contributed by atoms with E-state index in [1.54, 1.807) is 0 Å². The zero-order valence-corrected chi connectivity index (χ0v) is 12.8. The van der Waals surface area contributed by atoms with Crippen molar-refractivity contribution >= 4 is 23.2 Å². The van der Waals surface area contributed by atoms with E-state index >= 15 is 0 Å². The Morgan fingerprint density at radius 1 is 1.32 bits per heavy atom. The number of likely N-dealkylation sites (N-methyl/N-ethyl adjacent to an activating group) is 1. The lowest BCUT2D eigenvalue weighted by molar-refractivity contribution is 0.153. The van der Waals surface area contributed by atoms with Crippen LogP contribution in [0.15, 0.2) is 18.2 Å². The van der Waals surface area contributed by atoms with Crippen molar-refractivity contribution in [1.82, 2.24) is 9.80 Å². The predicted octanol–water partition coefficient (Wildman–Crippen LogP) is 2.49. The number of likely N-dealkylation sites (tertiary alicyclic amines) is 1. The molecule has 0 amide bonds. The number of aliphatic hydroxyl groups is 1. The van der Waals surface area contributed by atoms with Gasteiger partial charge in [0.25, 0.3) is 0 Å². The second-order valence-electron chi connectivity index (χ2n) is 5.37. The quantitative estimate of drug-likeness (QED) is 0.926. The second kappa shape index (κ2) is 6.42. The molecule has 0 aromatic heterocycles. The van der Waals surface area contributed by atoms with Crippen molar-refractivity contribution in [3.63, 3.8) is 0 Å². The number of nitrogens with zero attached hydrogens (tertiary/aromatic N) is 2. The van der Waals surface area contributed by atoms with E-state index in [0.717, 1.165) is 25.1 Å². The topological polar surface area (TPSA) is 26.7 Å². The standard InChI is InChI=1S/C14H20Cl2N2O/c1-17(2)11-6-12(9-19)18(8-11)7-10-3-4-13(15)14(16)5-10/h3-5,11-12,19H,6-9H2,1-2H3/t11-,12+/m1/s1. The van der Waals surface area contributed by atoms with Gasteiger partial charge in [0.2, 0.25) is 0 Å². The van der Waals surface area contributed by atoms with Crippen LogP contribution in [0.4, 0.5) is 0 Å². The Morgan fingerprint density at radius 2 is 2.05 bits per heavy atom. The molecule has 1 fully saturated rings. The van der Waals surface area contributed by atoms with Gasteiger partial charge in [0.1, 0.15) is 0 Å². The van der Waals surface area contributed by atoms with Crippen LogP contribution >= 0.6 is 23.2 Å². The monoisotopic (exact) mass is 302 g/mol. The van der Waals surface area contributed by atoms with Gasteiger partial charge in [0, 0.05) is 25.2 Å². The second-order valence-corrected chi connectivity index (χ2v) is 6.18. The van der Waals surface area contributed by atoms with Crippen molar-refractivity contribution in [2.24, 2.45) is 0 Å². The summed E-state index contributed by atoms with van der Waals surface area (Å²) in [7, 11) is 4.17. The Balaban J connectivity index is 2.06. The molecule has 1 N–H and O–H groups in total. The third-order valence-electron chi connectivity index (χ3n) is 3.82. The molecule has 1 aromatic rings. The fourth-order valence-corrected chi connectivity index (χ4v) is 2.91. The summed E-state index contributed by atoms with van der Waals surface area (Å²) in [4.78, 5) is 4.53.